The Kier molecular flexibility index (Phi) is 12.4. The zero-order valence-electron chi connectivity index (χ0n) is 26.1. The molecule has 7 atom stereocenters. The molecule has 3 fully saturated rings. The molecule has 246 valence electrons. The van der Waals surface area contributed by atoms with Gasteiger partial charge in [-0.05, 0) is 37.7 Å². The van der Waals surface area contributed by atoms with E-state index >= 15 is 0 Å². The largest absolute Gasteiger partial charge is 0.463 e. The number of nitrogens with one attached hydrogen (secondary N) is 1. The fourth-order valence-corrected chi connectivity index (χ4v) is 7.90. The fourth-order valence-electron chi connectivity index (χ4n) is 6.96. The van der Waals surface area contributed by atoms with E-state index in [1.807, 2.05) is 30.3 Å². The molecule has 3 aliphatic rings. The second kappa shape index (κ2) is 16.0. The highest BCUT2D eigenvalue weighted by atomic mass is 79.9. The molecule has 0 radical (unpaired) electrons. The quantitative estimate of drug-likeness (QED) is 0.104. The highest BCUT2D eigenvalue weighted by molar-refractivity contribution is 9.09. The number of aliphatic hydroxyl groups excluding tert-OH is 1. The van der Waals surface area contributed by atoms with Gasteiger partial charge in [-0.2, -0.15) is 0 Å². The van der Waals surface area contributed by atoms with Crippen LogP contribution in [-0.2, 0) is 28.7 Å². The van der Waals surface area contributed by atoms with Crippen LogP contribution in [0, 0.1) is 11.8 Å². The first-order valence-corrected chi connectivity index (χ1v) is 16.9. The summed E-state index contributed by atoms with van der Waals surface area (Å²) in [7, 11) is 0. The summed E-state index contributed by atoms with van der Waals surface area (Å²) in [5.74, 6) is -3.00. The molecule has 1 aromatic carbocycles. The molecular formula is C34H46BrN3O7. The maximum atomic E-state index is 14.3. The normalized spacial score (nSPS) is 27.1. The number of allylic oxidation sites excluding steroid dienone is 1. The number of unbranched alkanes of at least 4 members (excludes halogenated alkanes) is 2. The molecule has 3 saturated heterocycles. The summed E-state index contributed by atoms with van der Waals surface area (Å²) in [5, 5.41) is 12.5. The summed E-state index contributed by atoms with van der Waals surface area (Å²) in [4.78, 5) is 58.2. The summed E-state index contributed by atoms with van der Waals surface area (Å²) in [6.45, 7) is 10.6. The van der Waals surface area contributed by atoms with Crippen LogP contribution >= 0.6 is 15.9 Å². The standard InChI is InChI=1S/C34H46BrN3O7/c1-4-7-16-26(40)44-22-25(23-14-10-9-11-15-23)36-31(41)27-28-32(42)38(19-12-13-20-39)30(34(28)21-24(35)29(27)45-34)33(43)37(17-6-3)18-8-5-2/h4,6,9-11,14-15,24-25,27-30,39H,1,3,5,7-8,12-13,16-22H2,2H3,(H,36,41)/t24?,25-,27-,28+,29-,30-,34+/m0/s1. The molecule has 0 aromatic heterocycles. The number of halogens is 1. The molecule has 3 heterocycles. The van der Waals surface area contributed by atoms with Crippen molar-refractivity contribution in [2.75, 3.05) is 32.8 Å². The predicted octanol–water partition coefficient (Wildman–Crippen LogP) is 3.69. The average Bonchev–Trinajstić information content (AvgIpc) is 3.63. The van der Waals surface area contributed by atoms with Crippen molar-refractivity contribution in [1.29, 1.82) is 0 Å². The van der Waals surface area contributed by atoms with Crippen LogP contribution in [0.25, 0.3) is 0 Å². The van der Waals surface area contributed by atoms with E-state index in [0.29, 0.717) is 38.8 Å². The second-order valence-corrected chi connectivity index (χ2v) is 13.2. The zero-order chi connectivity index (χ0) is 32.6. The maximum absolute atomic E-state index is 14.3. The lowest BCUT2D eigenvalue weighted by Crippen LogP contribution is -2.57. The van der Waals surface area contributed by atoms with E-state index in [1.165, 1.54) is 0 Å². The van der Waals surface area contributed by atoms with Crippen molar-refractivity contribution in [2.45, 2.75) is 80.5 Å². The summed E-state index contributed by atoms with van der Waals surface area (Å²) in [6, 6.07) is 7.68. The van der Waals surface area contributed by atoms with Crippen molar-refractivity contribution in [3.05, 3.63) is 61.2 Å². The third-order valence-corrected chi connectivity index (χ3v) is 9.90. The smallest absolute Gasteiger partial charge is 0.306 e. The Balaban J connectivity index is 1.64. The van der Waals surface area contributed by atoms with Gasteiger partial charge in [0.25, 0.3) is 0 Å². The van der Waals surface area contributed by atoms with E-state index in [-0.39, 0.29) is 42.8 Å². The molecule has 2 N–H and O–H groups in total. The molecule has 45 heavy (non-hydrogen) atoms. The van der Waals surface area contributed by atoms with Gasteiger partial charge < -0.3 is 29.7 Å². The molecule has 3 aliphatic heterocycles. The van der Waals surface area contributed by atoms with Gasteiger partial charge in [0.05, 0.1) is 24.0 Å². The number of benzene rings is 1. The molecular weight excluding hydrogens is 642 g/mol. The second-order valence-electron chi connectivity index (χ2n) is 12.0. The van der Waals surface area contributed by atoms with Crippen LogP contribution in [0.1, 0.15) is 63.5 Å². The number of esters is 1. The minimum atomic E-state index is -1.18. The number of hydrogen-bond acceptors (Lipinski definition) is 7. The lowest BCUT2D eigenvalue weighted by atomic mass is 9.70. The van der Waals surface area contributed by atoms with Crippen LogP contribution < -0.4 is 5.32 Å². The molecule has 2 bridgehead atoms. The van der Waals surface area contributed by atoms with Gasteiger partial charge in [0, 0.05) is 37.5 Å². The Morgan fingerprint density at radius 3 is 2.64 bits per heavy atom. The Labute approximate surface area is 274 Å². The number of alkyl halides is 1. The zero-order valence-corrected chi connectivity index (χ0v) is 27.7. The van der Waals surface area contributed by atoms with Gasteiger partial charge in [-0.15, -0.1) is 13.2 Å². The fraction of sp³-hybridized carbons (Fsp3) is 0.588. The number of fused-ring (bicyclic) bond motifs is 1. The number of ether oxygens (including phenoxy) is 2. The SMILES string of the molecule is C=CCCC(=O)OC[C@H](NC(=O)[C@@H]1[C@H]2O[C@@]3(CC2Br)[C@H](C(=O)N(CC=C)CCCC)N(CCCCO)C(=O)[C@@H]13)c1ccccc1. The highest BCUT2D eigenvalue weighted by Gasteiger charge is 2.76. The number of carbonyl (C=O) groups excluding carboxylic acids is 4. The van der Waals surface area contributed by atoms with E-state index in [9.17, 15) is 24.3 Å². The molecule has 0 saturated carbocycles. The molecule has 1 unspecified atom stereocenters. The molecule has 4 rings (SSSR count). The van der Waals surface area contributed by atoms with Crippen LogP contribution in [0.2, 0.25) is 0 Å². The summed E-state index contributed by atoms with van der Waals surface area (Å²) in [5.41, 5.74) is -0.428. The van der Waals surface area contributed by atoms with Crippen LogP contribution in [0.5, 0.6) is 0 Å². The minimum Gasteiger partial charge on any atom is -0.463 e. The van der Waals surface area contributed by atoms with Crippen molar-refractivity contribution < 1.29 is 33.8 Å². The molecule has 10 nitrogen and oxygen atoms in total. The van der Waals surface area contributed by atoms with Crippen molar-refractivity contribution in [1.82, 2.24) is 15.1 Å². The van der Waals surface area contributed by atoms with Gasteiger partial charge in [0.15, 0.2) is 0 Å². The number of amides is 3. The number of nitrogens with zero attached hydrogens (tertiary/aromatic N) is 2. The molecule has 3 amide bonds. The Bertz CT molecular complexity index is 1230. The summed E-state index contributed by atoms with van der Waals surface area (Å²) >= 11 is 3.72. The number of rotatable bonds is 18. The Hall–Kier alpha value is -3.02. The van der Waals surface area contributed by atoms with Crippen LogP contribution in [0.3, 0.4) is 0 Å². The van der Waals surface area contributed by atoms with Crippen LogP contribution in [0.15, 0.2) is 55.6 Å². The van der Waals surface area contributed by atoms with Gasteiger partial charge in [-0.1, -0.05) is 71.8 Å². The van der Waals surface area contributed by atoms with Gasteiger partial charge in [0.1, 0.15) is 18.2 Å². The van der Waals surface area contributed by atoms with Crippen molar-refractivity contribution in [2.24, 2.45) is 11.8 Å². The first-order chi connectivity index (χ1) is 21.7. The van der Waals surface area contributed by atoms with Crippen molar-refractivity contribution >= 4 is 39.6 Å². The number of aliphatic hydroxyl groups is 1. The van der Waals surface area contributed by atoms with Gasteiger partial charge >= 0.3 is 5.97 Å². The van der Waals surface area contributed by atoms with Crippen molar-refractivity contribution in [3.8, 4) is 0 Å². The highest BCUT2D eigenvalue weighted by Crippen LogP contribution is 2.60. The summed E-state index contributed by atoms with van der Waals surface area (Å²) < 4.78 is 12.2. The number of hydrogen-bond donors (Lipinski definition) is 2. The molecule has 1 aromatic rings. The van der Waals surface area contributed by atoms with Gasteiger partial charge in [-0.3, -0.25) is 19.2 Å². The number of likely N-dealkylation sites (tertiary alicyclic amines) is 1. The topological polar surface area (TPSA) is 125 Å². The third kappa shape index (κ3) is 7.36. The van der Waals surface area contributed by atoms with Crippen LogP contribution in [-0.4, -0.2) is 94.0 Å². The lowest BCUT2D eigenvalue weighted by molar-refractivity contribution is -0.148. The Morgan fingerprint density at radius 2 is 1.98 bits per heavy atom. The van der Waals surface area contributed by atoms with E-state index in [0.717, 1.165) is 18.4 Å². The molecule has 11 heteroatoms. The average molecular weight is 689 g/mol. The molecule has 0 aliphatic carbocycles. The van der Waals surface area contributed by atoms with E-state index in [1.54, 1.807) is 22.0 Å². The van der Waals surface area contributed by atoms with E-state index in [4.69, 9.17) is 9.47 Å². The van der Waals surface area contributed by atoms with E-state index < -0.39 is 47.5 Å². The first kappa shape index (κ1) is 34.8. The summed E-state index contributed by atoms with van der Waals surface area (Å²) in [6.07, 6.45) is 6.47. The number of carbonyl (C=O) groups is 4. The van der Waals surface area contributed by atoms with Gasteiger partial charge in [-0.25, -0.2) is 0 Å². The van der Waals surface area contributed by atoms with Gasteiger partial charge in [0.2, 0.25) is 17.7 Å². The predicted molar refractivity (Wildman–Crippen MR) is 173 cm³/mol. The maximum Gasteiger partial charge on any atom is 0.306 e. The third-order valence-electron chi connectivity index (χ3n) is 9.06. The Morgan fingerprint density at radius 1 is 1.22 bits per heavy atom. The monoisotopic (exact) mass is 687 g/mol. The lowest BCUT2D eigenvalue weighted by Gasteiger charge is -2.37. The van der Waals surface area contributed by atoms with E-state index in [2.05, 4.69) is 41.3 Å². The first-order valence-electron chi connectivity index (χ1n) is 16.0. The van der Waals surface area contributed by atoms with Crippen LogP contribution in [0.4, 0.5) is 0 Å². The molecule has 1 spiro atoms. The van der Waals surface area contributed by atoms with Crippen molar-refractivity contribution in [3.63, 3.8) is 0 Å². The minimum absolute atomic E-state index is 0.0274.